The summed E-state index contributed by atoms with van der Waals surface area (Å²) in [6.45, 7) is 6.51. The van der Waals surface area contributed by atoms with Gasteiger partial charge in [-0.2, -0.15) is 10.4 Å². The predicted octanol–water partition coefficient (Wildman–Crippen LogP) is 4.41. The van der Waals surface area contributed by atoms with Gasteiger partial charge in [-0.3, -0.25) is 4.79 Å². The minimum absolute atomic E-state index is 0.0179. The minimum Gasteiger partial charge on any atom is -0.350 e. The number of carbonyl (C=O) groups excluding carboxylic acids is 1. The smallest absolute Gasteiger partial charge is 0.270 e. The zero-order valence-electron chi connectivity index (χ0n) is 20.2. The number of amides is 1. The molecule has 0 aliphatic carbocycles. The molecule has 1 unspecified atom stereocenters. The molecular formula is C27H26ClN7O. The van der Waals surface area contributed by atoms with Crippen LogP contribution in [0.1, 0.15) is 41.5 Å². The van der Waals surface area contributed by atoms with Crippen molar-refractivity contribution in [1.29, 1.82) is 5.26 Å². The standard InChI is InChI=1S/C27H26ClN7O/c1-17-11-20(13-22(28)32-17)23-24(19-6-3-5-18(12-19)14-29)34-35-10-7-21(33-25(23)35)26(36)31-16-27(2)8-4-9-30-15-27/h3,5-7,10-13,30H,4,8-9,15-16H2,1-2H3,(H,31,36). The van der Waals surface area contributed by atoms with Gasteiger partial charge in [-0.25, -0.2) is 14.5 Å². The van der Waals surface area contributed by atoms with Crippen LogP contribution < -0.4 is 10.6 Å². The summed E-state index contributed by atoms with van der Waals surface area (Å²) < 4.78 is 1.65. The average Bonchev–Trinajstić information content (AvgIpc) is 3.26. The number of piperidine rings is 1. The summed E-state index contributed by atoms with van der Waals surface area (Å²) >= 11 is 6.30. The van der Waals surface area contributed by atoms with Crippen molar-refractivity contribution in [3.8, 4) is 28.5 Å². The first kappa shape index (κ1) is 23.9. The molecule has 9 heteroatoms. The summed E-state index contributed by atoms with van der Waals surface area (Å²) in [5.74, 6) is -0.228. The summed E-state index contributed by atoms with van der Waals surface area (Å²) in [4.78, 5) is 22.1. The van der Waals surface area contributed by atoms with Gasteiger partial charge in [-0.15, -0.1) is 0 Å². The summed E-state index contributed by atoms with van der Waals surface area (Å²) in [7, 11) is 0. The minimum atomic E-state index is -0.228. The third-order valence-corrected chi connectivity index (χ3v) is 6.75. The summed E-state index contributed by atoms with van der Waals surface area (Å²) in [5.41, 5.74) is 5.03. The number of fused-ring (bicyclic) bond motifs is 1. The van der Waals surface area contributed by atoms with E-state index in [2.05, 4.69) is 28.6 Å². The van der Waals surface area contributed by atoms with Gasteiger partial charge >= 0.3 is 0 Å². The molecule has 1 aliphatic heterocycles. The van der Waals surface area contributed by atoms with E-state index in [0.29, 0.717) is 34.3 Å². The first-order valence-corrected chi connectivity index (χ1v) is 12.3. The van der Waals surface area contributed by atoms with Crippen LogP contribution in [0.25, 0.3) is 28.0 Å². The van der Waals surface area contributed by atoms with Crippen molar-refractivity contribution in [3.63, 3.8) is 0 Å². The van der Waals surface area contributed by atoms with E-state index in [1.165, 1.54) is 0 Å². The van der Waals surface area contributed by atoms with Crippen LogP contribution >= 0.6 is 11.6 Å². The Morgan fingerprint density at radius 3 is 2.86 bits per heavy atom. The Morgan fingerprint density at radius 1 is 1.25 bits per heavy atom. The number of nitriles is 1. The molecule has 3 aromatic heterocycles. The number of benzene rings is 1. The van der Waals surface area contributed by atoms with E-state index in [9.17, 15) is 10.1 Å². The van der Waals surface area contributed by atoms with Gasteiger partial charge in [0.1, 0.15) is 16.5 Å². The number of hydrogen-bond donors (Lipinski definition) is 2. The molecule has 1 aromatic carbocycles. The number of rotatable bonds is 5. The zero-order valence-corrected chi connectivity index (χ0v) is 20.9. The normalized spacial score (nSPS) is 17.6. The number of aromatic nitrogens is 4. The third kappa shape index (κ3) is 4.81. The Labute approximate surface area is 214 Å². The highest BCUT2D eigenvalue weighted by atomic mass is 35.5. The highest BCUT2D eigenvalue weighted by Gasteiger charge is 2.28. The SMILES string of the molecule is Cc1cc(-c2c(-c3cccc(C#N)c3)nn3ccc(C(=O)NCC4(C)CCCNC4)nc23)cc(Cl)n1. The van der Waals surface area contributed by atoms with Gasteiger partial charge in [0, 0.05) is 30.5 Å². The molecule has 5 rings (SSSR count). The van der Waals surface area contributed by atoms with E-state index < -0.39 is 0 Å². The number of nitrogens with zero attached hydrogens (tertiary/aromatic N) is 5. The maximum Gasteiger partial charge on any atom is 0.270 e. The molecule has 1 atom stereocenters. The number of halogens is 1. The van der Waals surface area contributed by atoms with Gasteiger partial charge in [0.15, 0.2) is 5.65 Å². The van der Waals surface area contributed by atoms with E-state index in [1.54, 1.807) is 35.0 Å². The van der Waals surface area contributed by atoms with Crippen LogP contribution in [0.5, 0.6) is 0 Å². The van der Waals surface area contributed by atoms with Crippen molar-refractivity contribution < 1.29 is 4.79 Å². The highest BCUT2D eigenvalue weighted by molar-refractivity contribution is 6.29. The van der Waals surface area contributed by atoms with Crippen molar-refractivity contribution in [3.05, 3.63) is 70.8 Å². The number of hydrogen-bond acceptors (Lipinski definition) is 6. The molecule has 8 nitrogen and oxygen atoms in total. The van der Waals surface area contributed by atoms with Crippen molar-refractivity contribution >= 4 is 23.2 Å². The summed E-state index contributed by atoms with van der Waals surface area (Å²) in [6.07, 6.45) is 3.89. The molecule has 4 aromatic rings. The van der Waals surface area contributed by atoms with Crippen molar-refractivity contribution in [1.82, 2.24) is 30.2 Å². The second-order valence-electron chi connectivity index (χ2n) is 9.59. The number of aryl methyl sites for hydroxylation is 1. The number of carbonyl (C=O) groups is 1. The fraction of sp³-hybridized carbons (Fsp3) is 0.296. The Balaban J connectivity index is 1.59. The van der Waals surface area contributed by atoms with Crippen molar-refractivity contribution in [2.45, 2.75) is 26.7 Å². The van der Waals surface area contributed by atoms with E-state index >= 15 is 0 Å². The van der Waals surface area contributed by atoms with Crippen LogP contribution in [0, 0.1) is 23.7 Å². The lowest BCUT2D eigenvalue weighted by molar-refractivity contribution is 0.0920. The second kappa shape index (κ2) is 9.69. The quantitative estimate of drug-likeness (QED) is 0.394. The molecule has 1 fully saturated rings. The van der Waals surface area contributed by atoms with E-state index in [0.717, 1.165) is 48.3 Å². The molecule has 36 heavy (non-hydrogen) atoms. The molecule has 2 N–H and O–H groups in total. The number of pyridine rings is 1. The summed E-state index contributed by atoms with van der Waals surface area (Å²) in [6, 6.07) is 14.8. The summed E-state index contributed by atoms with van der Waals surface area (Å²) in [5, 5.41) is 21.0. The first-order chi connectivity index (χ1) is 17.3. The van der Waals surface area contributed by atoms with E-state index in [4.69, 9.17) is 21.7 Å². The van der Waals surface area contributed by atoms with E-state index in [-0.39, 0.29) is 11.3 Å². The third-order valence-electron chi connectivity index (χ3n) is 6.56. The molecule has 4 heterocycles. The van der Waals surface area contributed by atoms with Crippen molar-refractivity contribution in [2.24, 2.45) is 5.41 Å². The molecule has 1 aliphatic rings. The maximum absolute atomic E-state index is 13.1. The molecule has 182 valence electrons. The zero-order chi connectivity index (χ0) is 25.3. The molecule has 0 saturated carbocycles. The van der Waals surface area contributed by atoms with Crippen LogP contribution in [0.2, 0.25) is 5.15 Å². The fourth-order valence-corrected chi connectivity index (χ4v) is 4.94. The lowest BCUT2D eigenvalue weighted by Gasteiger charge is -2.34. The predicted molar refractivity (Wildman–Crippen MR) is 139 cm³/mol. The fourth-order valence-electron chi connectivity index (χ4n) is 4.69. The molecule has 1 amide bonds. The Morgan fingerprint density at radius 2 is 2.11 bits per heavy atom. The second-order valence-corrected chi connectivity index (χ2v) is 9.98. The van der Waals surface area contributed by atoms with Gasteiger partial charge in [0.25, 0.3) is 5.91 Å². The molecule has 1 saturated heterocycles. The van der Waals surface area contributed by atoms with Gasteiger partial charge in [-0.1, -0.05) is 30.7 Å². The van der Waals surface area contributed by atoms with Crippen molar-refractivity contribution in [2.75, 3.05) is 19.6 Å². The van der Waals surface area contributed by atoms with Crippen LogP contribution in [0.15, 0.2) is 48.7 Å². The Bertz CT molecular complexity index is 1480. The van der Waals surface area contributed by atoms with E-state index in [1.807, 2.05) is 25.1 Å². The molecular weight excluding hydrogens is 474 g/mol. The molecule has 0 radical (unpaired) electrons. The first-order valence-electron chi connectivity index (χ1n) is 11.9. The molecule has 0 bridgehead atoms. The van der Waals surface area contributed by atoms with Gasteiger partial charge < -0.3 is 10.6 Å². The average molecular weight is 500 g/mol. The molecule has 0 spiro atoms. The van der Waals surface area contributed by atoms with Crippen LogP contribution in [0.4, 0.5) is 0 Å². The number of nitrogens with one attached hydrogen (secondary N) is 2. The maximum atomic E-state index is 13.1. The largest absolute Gasteiger partial charge is 0.350 e. The monoisotopic (exact) mass is 499 g/mol. The Kier molecular flexibility index (Phi) is 6.44. The van der Waals surface area contributed by atoms with Gasteiger partial charge in [0.2, 0.25) is 0 Å². The Hall–Kier alpha value is -3.80. The lowest BCUT2D eigenvalue weighted by Crippen LogP contribution is -2.45. The van der Waals surface area contributed by atoms with Gasteiger partial charge in [0.05, 0.1) is 17.2 Å². The van der Waals surface area contributed by atoms with Crippen LogP contribution in [-0.4, -0.2) is 45.1 Å². The van der Waals surface area contributed by atoms with Gasteiger partial charge in [-0.05, 0) is 67.6 Å². The topological polar surface area (TPSA) is 108 Å². The lowest BCUT2D eigenvalue weighted by atomic mass is 9.83. The van der Waals surface area contributed by atoms with Crippen LogP contribution in [0.3, 0.4) is 0 Å². The highest BCUT2D eigenvalue weighted by Crippen LogP contribution is 2.36. The van der Waals surface area contributed by atoms with Crippen LogP contribution in [-0.2, 0) is 0 Å².